The summed E-state index contributed by atoms with van der Waals surface area (Å²) in [5.41, 5.74) is 0. The van der Waals surface area contributed by atoms with E-state index >= 15 is 0 Å². The molecule has 82 valence electrons. The molecule has 0 aromatic rings. The SMILES string of the molecule is CN(C)CC[CH2][In]1[CH2]N(C)CC[N]1C. The van der Waals surface area contributed by atoms with E-state index in [0.717, 1.165) is 0 Å². The van der Waals surface area contributed by atoms with Crippen LogP contribution < -0.4 is 0 Å². The summed E-state index contributed by atoms with van der Waals surface area (Å²) in [5, 5.41) is 0. The summed E-state index contributed by atoms with van der Waals surface area (Å²) < 4.78 is 5.71. The Kier molecular flexibility index (Phi) is 5.82. The summed E-state index contributed by atoms with van der Waals surface area (Å²) >= 11 is -1.31. The van der Waals surface area contributed by atoms with Crippen LogP contribution in [0.25, 0.3) is 0 Å². The van der Waals surface area contributed by atoms with Gasteiger partial charge in [-0.2, -0.15) is 0 Å². The van der Waals surface area contributed by atoms with Gasteiger partial charge in [-0.3, -0.25) is 0 Å². The third-order valence-electron chi connectivity index (χ3n) is 3.12. The van der Waals surface area contributed by atoms with Crippen LogP contribution in [0.2, 0.25) is 4.18 Å². The average molecular weight is 301 g/mol. The molecule has 1 aliphatic heterocycles. The summed E-state index contributed by atoms with van der Waals surface area (Å²) in [4.78, 5) is 4.84. The molecule has 0 atom stereocenters. The molecule has 0 aliphatic carbocycles. The van der Waals surface area contributed by atoms with Crippen LogP contribution in [0, 0.1) is 0 Å². The van der Waals surface area contributed by atoms with Crippen LogP contribution in [0.5, 0.6) is 0 Å². The minimum atomic E-state index is -1.31. The van der Waals surface area contributed by atoms with Gasteiger partial charge in [0, 0.05) is 0 Å². The molecular formula is C10H24InN3. The van der Waals surface area contributed by atoms with Crippen molar-refractivity contribution in [1.82, 2.24) is 12.7 Å². The van der Waals surface area contributed by atoms with Crippen molar-refractivity contribution in [2.45, 2.75) is 10.6 Å². The zero-order valence-corrected chi connectivity index (χ0v) is 13.5. The Morgan fingerprint density at radius 1 is 1.21 bits per heavy atom. The van der Waals surface area contributed by atoms with Crippen molar-refractivity contribution in [2.24, 2.45) is 0 Å². The van der Waals surface area contributed by atoms with Gasteiger partial charge in [-0.15, -0.1) is 0 Å². The Hall–Kier alpha value is 0.750. The molecule has 0 amide bonds. The molecule has 0 radical (unpaired) electrons. The van der Waals surface area contributed by atoms with Gasteiger partial charge in [0.2, 0.25) is 0 Å². The van der Waals surface area contributed by atoms with Crippen molar-refractivity contribution in [3.63, 3.8) is 0 Å². The van der Waals surface area contributed by atoms with Gasteiger partial charge in [0.05, 0.1) is 0 Å². The van der Waals surface area contributed by atoms with Gasteiger partial charge < -0.3 is 0 Å². The minimum absolute atomic E-state index is 1.27. The molecule has 0 spiro atoms. The zero-order chi connectivity index (χ0) is 10.6. The van der Waals surface area contributed by atoms with E-state index in [4.69, 9.17) is 0 Å². The summed E-state index contributed by atoms with van der Waals surface area (Å²) in [5.74, 6) is 0. The second-order valence-electron chi connectivity index (χ2n) is 4.84. The Morgan fingerprint density at radius 3 is 2.57 bits per heavy atom. The molecule has 4 heteroatoms. The van der Waals surface area contributed by atoms with E-state index in [1.807, 2.05) is 0 Å². The molecule has 0 bridgehead atoms. The number of hydrogen-bond acceptors (Lipinski definition) is 3. The van der Waals surface area contributed by atoms with E-state index in [-0.39, 0.29) is 0 Å². The van der Waals surface area contributed by atoms with Gasteiger partial charge >= 0.3 is 97.1 Å². The van der Waals surface area contributed by atoms with Gasteiger partial charge in [0.1, 0.15) is 0 Å². The Bertz CT molecular complexity index is 163. The second-order valence-corrected chi connectivity index (χ2v) is 13.8. The molecule has 0 aromatic carbocycles. The normalized spacial score (nSPS) is 20.8. The van der Waals surface area contributed by atoms with Crippen molar-refractivity contribution in [3.05, 3.63) is 0 Å². The van der Waals surface area contributed by atoms with E-state index in [0.29, 0.717) is 0 Å². The van der Waals surface area contributed by atoms with Crippen LogP contribution in [-0.4, -0.2) is 86.5 Å². The van der Waals surface area contributed by atoms with Gasteiger partial charge in [-0.25, -0.2) is 0 Å². The first kappa shape index (κ1) is 12.8. The molecule has 1 heterocycles. The summed E-state index contributed by atoms with van der Waals surface area (Å²) in [6, 6.07) is 0. The summed E-state index contributed by atoms with van der Waals surface area (Å²) in [6.07, 6.45) is 1.41. The first-order valence-corrected chi connectivity index (χ1v) is 11.8. The van der Waals surface area contributed by atoms with Gasteiger partial charge in [-0.05, 0) is 0 Å². The molecule has 0 saturated carbocycles. The molecule has 1 saturated heterocycles. The van der Waals surface area contributed by atoms with E-state index in [2.05, 4.69) is 40.9 Å². The standard InChI is InChI=1S/C5H12N2.C5H12N.In/c1-6-4-5-7(2)3;1-4-5-6(2)3;/h2,4-5H2,1,3H3;1,4-5H2,2-3H3;/q-1;;+1. The molecule has 0 aromatic heterocycles. The maximum atomic E-state index is 2.72. The predicted molar refractivity (Wildman–Crippen MR) is 63.9 cm³/mol. The fraction of sp³-hybridized carbons (Fsp3) is 1.00. The van der Waals surface area contributed by atoms with Crippen LogP contribution in [0.4, 0.5) is 0 Å². The Labute approximate surface area is 97.0 Å². The van der Waals surface area contributed by atoms with E-state index in [9.17, 15) is 0 Å². The van der Waals surface area contributed by atoms with Crippen molar-refractivity contribution in [3.8, 4) is 0 Å². The van der Waals surface area contributed by atoms with Gasteiger partial charge in [0.25, 0.3) is 0 Å². The number of hydrogen-bond donors (Lipinski definition) is 0. The Balaban J connectivity index is 2.20. The predicted octanol–water partition coefficient (Wildman–Crippen LogP) is 0.346. The topological polar surface area (TPSA) is 9.72 Å². The molecule has 1 rings (SSSR count). The zero-order valence-electron chi connectivity index (χ0n) is 10.2. The fourth-order valence-corrected chi connectivity index (χ4v) is 10.4. The quantitative estimate of drug-likeness (QED) is 0.742. The van der Waals surface area contributed by atoms with Crippen LogP contribution in [0.1, 0.15) is 6.42 Å². The number of rotatable bonds is 4. The molecule has 1 aliphatic rings. The van der Waals surface area contributed by atoms with E-state index in [1.54, 1.807) is 4.18 Å². The molecule has 3 nitrogen and oxygen atoms in total. The molecule has 14 heavy (non-hydrogen) atoms. The first-order chi connectivity index (χ1) is 6.59. The van der Waals surface area contributed by atoms with Crippen LogP contribution in [0.3, 0.4) is 0 Å². The summed E-state index contributed by atoms with van der Waals surface area (Å²) in [6.45, 7) is 3.86. The average Bonchev–Trinajstić information content (AvgIpc) is 2.10. The molecule has 1 fully saturated rings. The monoisotopic (exact) mass is 301 g/mol. The molecule has 0 N–H and O–H groups in total. The van der Waals surface area contributed by atoms with Crippen molar-refractivity contribution < 1.29 is 0 Å². The second kappa shape index (κ2) is 6.36. The van der Waals surface area contributed by atoms with Crippen molar-refractivity contribution >= 4 is 21.7 Å². The molecular weight excluding hydrogens is 277 g/mol. The van der Waals surface area contributed by atoms with Crippen molar-refractivity contribution in [2.75, 3.05) is 52.1 Å². The first-order valence-electron chi connectivity index (χ1n) is 5.63. The number of nitrogens with zero attached hydrogens (tertiary/aromatic N) is 3. The third-order valence-corrected chi connectivity index (χ3v) is 13.5. The molecule has 0 unspecified atom stereocenters. The summed E-state index contributed by atoms with van der Waals surface area (Å²) in [7, 11) is 8.98. The van der Waals surface area contributed by atoms with Crippen LogP contribution in [0.15, 0.2) is 0 Å². The van der Waals surface area contributed by atoms with Crippen molar-refractivity contribution in [1.29, 1.82) is 0 Å². The third kappa shape index (κ3) is 4.51. The van der Waals surface area contributed by atoms with Gasteiger partial charge in [0.15, 0.2) is 0 Å². The van der Waals surface area contributed by atoms with Crippen LogP contribution in [-0.2, 0) is 0 Å². The van der Waals surface area contributed by atoms with E-state index < -0.39 is 21.7 Å². The maximum absolute atomic E-state index is 2.72. The van der Waals surface area contributed by atoms with E-state index in [1.165, 1.54) is 30.4 Å². The van der Waals surface area contributed by atoms with Crippen LogP contribution >= 0.6 is 0 Å². The number of likely N-dealkylation sites (N-methyl/N-ethyl adjacent to an activating group) is 2. The fourth-order valence-electron chi connectivity index (χ4n) is 2.06. The van der Waals surface area contributed by atoms with Gasteiger partial charge in [-0.1, -0.05) is 0 Å². The Morgan fingerprint density at radius 2 is 1.93 bits per heavy atom.